The molecule has 1 heterocycles. The number of aromatic nitrogens is 3. The lowest BCUT2D eigenvalue weighted by Gasteiger charge is -2.17. The van der Waals surface area contributed by atoms with E-state index < -0.39 is 5.97 Å². The summed E-state index contributed by atoms with van der Waals surface area (Å²) >= 11 is 0. The summed E-state index contributed by atoms with van der Waals surface area (Å²) < 4.78 is 1.18. The van der Waals surface area contributed by atoms with Crippen LogP contribution in [0.25, 0.3) is 0 Å². The van der Waals surface area contributed by atoms with E-state index in [9.17, 15) is 9.59 Å². The summed E-state index contributed by atoms with van der Waals surface area (Å²) in [7, 11) is 3.75. The Morgan fingerprint density at radius 1 is 1.33 bits per heavy atom. The summed E-state index contributed by atoms with van der Waals surface area (Å²) in [5, 5.41) is 18.5. The highest BCUT2D eigenvalue weighted by Gasteiger charge is 2.12. The highest BCUT2D eigenvalue weighted by atomic mass is 16.4. The third-order valence-corrected chi connectivity index (χ3v) is 2.72. The largest absolute Gasteiger partial charge is 0.476 e. The smallest absolute Gasteiger partial charge is 0.358 e. The first-order chi connectivity index (χ1) is 9.97. The molecule has 0 aliphatic carbocycles. The van der Waals surface area contributed by atoms with Gasteiger partial charge in [0.15, 0.2) is 5.69 Å². The van der Waals surface area contributed by atoms with Gasteiger partial charge in [0.1, 0.15) is 6.54 Å². The molecule has 8 heteroatoms. The first-order valence-electron chi connectivity index (χ1n) is 6.17. The molecule has 110 valence electrons. The molecular formula is C13H15N5O3. The van der Waals surface area contributed by atoms with E-state index in [0.29, 0.717) is 5.69 Å². The van der Waals surface area contributed by atoms with Gasteiger partial charge in [-0.3, -0.25) is 4.79 Å². The van der Waals surface area contributed by atoms with Crippen LogP contribution in [0.4, 0.5) is 11.4 Å². The molecule has 1 aromatic carbocycles. The number of rotatable bonds is 5. The van der Waals surface area contributed by atoms with Gasteiger partial charge >= 0.3 is 5.97 Å². The predicted octanol–water partition coefficient (Wildman–Crippen LogP) is 0.681. The first kappa shape index (κ1) is 14.5. The summed E-state index contributed by atoms with van der Waals surface area (Å²) in [5.74, 6) is -1.49. The minimum atomic E-state index is -1.18. The molecule has 0 aliphatic heterocycles. The van der Waals surface area contributed by atoms with E-state index in [1.165, 1.54) is 10.9 Å². The van der Waals surface area contributed by atoms with E-state index in [4.69, 9.17) is 5.11 Å². The Balaban J connectivity index is 2.06. The van der Waals surface area contributed by atoms with Crippen molar-refractivity contribution in [2.45, 2.75) is 6.54 Å². The average Bonchev–Trinajstić information content (AvgIpc) is 2.87. The number of para-hydroxylation sites is 2. The van der Waals surface area contributed by atoms with Crippen LogP contribution in [0.3, 0.4) is 0 Å². The van der Waals surface area contributed by atoms with E-state index in [0.717, 1.165) is 5.69 Å². The molecule has 2 aromatic rings. The molecule has 0 atom stereocenters. The van der Waals surface area contributed by atoms with Crippen LogP contribution in [0.5, 0.6) is 0 Å². The molecule has 0 bridgehead atoms. The lowest BCUT2D eigenvalue weighted by atomic mass is 10.2. The van der Waals surface area contributed by atoms with E-state index in [-0.39, 0.29) is 18.1 Å². The number of hydrogen-bond donors (Lipinski definition) is 2. The number of benzene rings is 1. The second kappa shape index (κ2) is 6.04. The third-order valence-electron chi connectivity index (χ3n) is 2.72. The van der Waals surface area contributed by atoms with Crippen molar-refractivity contribution < 1.29 is 14.7 Å². The Morgan fingerprint density at radius 2 is 2.05 bits per heavy atom. The molecule has 21 heavy (non-hydrogen) atoms. The van der Waals surface area contributed by atoms with Crippen molar-refractivity contribution in [3.05, 3.63) is 36.2 Å². The first-order valence-corrected chi connectivity index (χ1v) is 6.17. The van der Waals surface area contributed by atoms with Crippen LogP contribution in [0, 0.1) is 0 Å². The number of amides is 1. The number of carboxylic acids is 1. The Labute approximate surface area is 121 Å². The van der Waals surface area contributed by atoms with Gasteiger partial charge in [0.25, 0.3) is 0 Å². The number of nitrogens with zero attached hydrogens (tertiary/aromatic N) is 4. The summed E-state index contributed by atoms with van der Waals surface area (Å²) in [6.07, 6.45) is 1.21. The van der Waals surface area contributed by atoms with Gasteiger partial charge in [-0.15, -0.1) is 5.10 Å². The minimum absolute atomic E-state index is 0.109. The zero-order valence-electron chi connectivity index (χ0n) is 11.6. The second-order valence-electron chi connectivity index (χ2n) is 4.57. The van der Waals surface area contributed by atoms with Crippen molar-refractivity contribution in [1.82, 2.24) is 15.0 Å². The van der Waals surface area contributed by atoms with Crippen molar-refractivity contribution in [3.8, 4) is 0 Å². The lowest BCUT2D eigenvalue weighted by Crippen LogP contribution is -2.21. The third kappa shape index (κ3) is 3.56. The highest BCUT2D eigenvalue weighted by Crippen LogP contribution is 2.23. The summed E-state index contributed by atoms with van der Waals surface area (Å²) in [5.41, 5.74) is 1.35. The average molecular weight is 289 g/mol. The standard InChI is InChI=1S/C13H15N5O3/c1-17(2)11-6-4-3-5-9(11)14-12(19)8-18-7-10(13(20)21)15-16-18/h3-7H,8H2,1-2H3,(H,14,19)(H,20,21). The molecule has 0 unspecified atom stereocenters. The molecule has 8 nitrogen and oxygen atoms in total. The number of hydrogen-bond acceptors (Lipinski definition) is 5. The molecule has 0 saturated carbocycles. The number of aromatic carboxylic acids is 1. The van der Waals surface area contributed by atoms with Gasteiger partial charge in [0, 0.05) is 14.1 Å². The van der Waals surface area contributed by atoms with Gasteiger partial charge in [0.2, 0.25) is 5.91 Å². The van der Waals surface area contributed by atoms with Crippen LogP contribution in [-0.4, -0.2) is 46.1 Å². The molecule has 2 N–H and O–H groups in total. The maximum Gasteiger partial charge on any atom is 0.358 e. The minimum Gasteiger partial charge on any atom is -0.476 e. The highest BCUT2D eigenvalue weighted by molar-refractivity contribution is 5.94. The monoisotopic (exact) mass is 289 g/mol. The number of carbonyl (C=O) groups excluding carboxylic acids is 1. The van der Waals surface area contributed by atoms with Crippen molar-refractivity contribution in [3.63, 3.8) is 0 Å². The number of carboxylic acid groups (broad SMARTS) is 1. The Kier molecular flexibility index (Phi) is 4.17. The summed E-state index contributed by atoms with van der Waals surface area (Å²) in [6.45, 7) is -0.109. The molecular weight excluding hydrogens is 274 g/mol. The number of carbonyl (C=O) groups is 2. The summed E-state index contributed by atoms with van der Waals surface area (Å²) in [4.78, 5) is 24.5. The van der Waals surface area contributed by atoms with Crippen LogP contribution in [-0.2, 0) is 11.3 Å². The quantitative estimate of drug-likeness (QED) is 0.839. The maximum atomic E-state index is 12.0. The Hall–Kier alpha value is -2.90. The van der Waals surface area contributed by atoms with Crippen molar-refractivity contribution >= 4 is 23.3 Å². The molecule has 1 amide bonds. The molecule has 0 saturated heterocycles. The van der Waals surface area contributed by atoms with Crippen molar-refractivity contribution in [2.75, 3.05) is 24.3 Å². The molecule has 1 aromatic heterocycles. The second-order valence-corrected chi connectivity index (χ2v) is 4.57. The number of nitrogens with one attached hydrogen (secondary N) is 1. The normalized spacial score (nSPS) is 10.2. The fraction of sp³-hybridized carbons (Fsp3) is 0.231. The van der Waals surface area contributed by atoms with Crippen LogP contribution < -0.4 is 10.2 Å². The van der Waals surface area contributed by atoms with Gasteiger partial charge in [0.05, 0.1) is 17.6 Å². The van der Waals surface area contributed by atoms with Gasteiger partial charge in [-0.1, -0.05) is 17.3 Å². The fourth-order valence-corrected chi connectivity index (χ4v) is 1.78. The Bertz CT molecular complexity index is 665. The van der Waals surface area contributed by atoms with E-state index in [1.807, 2.05) is 37.2 Å². The summed E-state index contributed by atoms with van der Waals surface area (Å²) in [6, 6.07) is 7.37. The van der Waals surface area contributed by atoms with Crippen LogP contribution in [0.1, 0.15) is 10.5 Å². The van der Waals surface area contributed by atoms with Gasteiger partial charge in [-0.2, -0.15) is 0 Å². The lowest BCUT2D eigenvalue weighted by molar-refractivity contribution is -0.116. The van der Waals surface area contributed by atoms with E-state index in [1.54, 1.807) is 6.07 Å². The van der Waals surface area contributed by atoms with Crippen molar-refractivity contribution in [1.29, 1.82) is 0 Å². The molecule has 0 spiro atoms. The zero-order valence-corrected chi connectivity index (χ0v) is 11.6. The molecule has 0 radical (unpaired) electrons. The van der Waals surface area contributed by atoms with Crippen LogP contribution >= 0.6 is 0 Å². The van der Waals surface area contributed by atoms with E-state index >= 15 is 0 Å². The number of anilines is 2. The fourth-order valence-electron chi connectivity index (χ4n) is 1.78. The van der Waals surface area contributed by atoms with Gasteiger partial charge in [-0.05, 0) is 12.1 Å². The molecule has 2 rings (SSSR count). The van der Waals surface area contributed by atoms with Gasteiger partial charge in [-0.25, -0.2) is 9.48 Å². The Morgan fingerprint density at radius 3 is 2.67 bits per heavy atom. The SMILES string of the molecule is CN(C)c1ccccc1NC(=O)Cn1cc(C(=O)O)nn1. The molecule has 0 aliphatic rings. The van der Waals surface area contributed by atoms with Crippen LogP contribution in [0.2, 0.25) is 0 Å². The van der Waals surface area contributed by atoms with Crippen LogP contribution in [0.15, 0.2) is 30.5 Å². The van der Waals surface area contributed by atoms with Gasteiger partial charge < -0.3 is 15.3 Å². The predicted molar refractivity (Wildman–Crippen MR) is 76.4 cm³/mol. The van der Waals surface area contributed by atoms with Crippen molar-refractivity contribution in [2.24, 2.45) is 0 Å². The van der Waals surface area contributed by atoms with E-state index in [2.05, 4.69) is 15.6 Å². The molecule has 0 fully saturated rings. The zero-order chi connectivity index (χ0) is 15.4. The topological polar surface area (TPSA) is 100 Å². The maximum absolute atomic E-state index is 12.0.